The topological polar surface area (TPSA) is 94.0 Å². The van der Waals surface area contributed by atoms with Crippen LogP contribution in [-0.2, 0) is 17.8 Å². The van der Waals surface area contributed by atoms with Gasteiger partial charge in [-0.3, -0.25) is 13.9 Å². The molecule has 0 aromatic carbocycles. The van der Waals surface area contributed by atoms with Crippen LogP contribution in [0, 0.1) is 0 Å². The van der Waals surface area contributed by atoms with Crippen LogP contribution in [0.3, 0.4) is 0 Å². The predicted molar refractivity (Wildman–Crippen MR) is 49.9 cm³/mol. The van der Waals surface area contributed by atoms with E-state index in [4.69, 9.17) is 10.8 Å². The molecule has 0 saturated heterocycles. The second-order valence-corrected chi connectivity index (χ2v) is 3.16. The Morgan fingerprint density at radius 3 is 3.07 bits per heavy atom. The van der Waals surface area contributed by atoms with Crippen LogP contribution in [0.15, 0.2) is 6.20 Å². The molecule has 0 spiro atoms. The molecule has 0 amide bonds. The van der Waals surface area contributed by atoms with Gasteiger partial charge in [-0.25, -0.2) is 0 Å². The molecule has 1 heterocycles. The van der Waals surface area contributed by atoms with E-state index in [-0.39, 0.29) is 6.42 Å². The average molecular weight is 216 g/mol. The van der Waals surface area contributed by atoms with Gasteiger partial charge in [0, 0.05) is 19.2 Å². The molecule has 1 unspecified atom stereocenters. The normalized spacial score (nSPS) is 12.7. The van der Waals surface area contributed by atoms with E-state index in [1.54, 1.807) is 6.20 Å². The Kier molecular flexibility index (Phi) is 4.17. The summed E-state index contributed by atoms with van der Waals surface area (Å²) < 4.78 is 13.3. The molecule has 0 saturated carbocycles. The Hall–Kier alpha value is -1.50. The highest BCUT2D eigenvalue weighted by Crippen LogP contribution is 1.98. The number of nitrogens with zero attached hydrogens (tertiary/aromatic N) is 3. The van der Waals surface area contributed by atoms with E-state index in [1.807, 2.05) is 0 Å². The van der Waals surface area contributed by atoms with Gasteiger partial charge in [0.05, 0.1) is 12.4 Å². The van der Waals surface area contributed by atoms with E-state index >= 15 is 0 Å². The summed E-state index contributed by atoms with van der Waals surface area (Å²) in [6, 6.07) is -0.976. The summed E-state index contributed by atoms with van der Waals surface area (Å²) in [5.41, 5.74) is 5.82. The zero-order valence-corrected chi connectivity index (χ0v) is 8.14. The summed E-state index contributed by atoms with van der Waals surface area (Å²) in [5.74, 6) is -1.08. The van der Waals surface area contributed by atoms with Crippen molar-refractivity contribution < 1.29 is 14.3 Å². The lowest BCUT2D eigenvalue weighted by atomic mass is 10.2. The molecule has 0 fully saturated rings. The lowest BCUT2D eigenvalue weighted by Crippen LogP contribution is -2.32. The third-order valence-corrected chi connectivity index (χ3v) is 1.85. The number of aliphatic carboxylic acids is 1. The monoisotopic (exact) mass is 216 g/mol. The van der Waals surface area contributed by atoms with E-state index in [1.165, 1.54) is 4.68 Å². The van der Waals surface area contributed by atoms with Crippen LogP contribution in [-0.4, -0.2) is 38.8 Å². The van der Waals surface area contributed by atoms with E-state index in [9.17, 15) is 9.18 Å². The zero-order valence-electron chi connectivity index (χ0n) is 8.14. The average Bonchev–Trinajstić information content (AvgIpc) is 2.62. The fourth-order valence-electron chi connectivity index (χ4n) is 1.08. The molecule has 15 heavy (non-hydrogen) atoms. The Labute approximate surface area is 85.9 Å². The molecule has 0 bridgehead atoms. The summed E-state index contributed by atoms with van der Waals surface area (Å²) in [4.78, 5) is 10.5. The Bertz CT molecular complexity index is 328. The molecule has 6 nitrogen and oxygen atoms in total. The highest BCUT2D eigenvalue weighted by Gasteiger charge is 2.14. The maximum Gasteiger partial charge on any atom is 0.320 e. The molecule has 0 radical (unpaired) electrons. The number of halogens is 1. The summed E-state index contributed by atoms with van der Waals surface area (Å²) in [5, 5.41) is 16.0. The fraction of sp³-hybridized carbons (Fsp3) is 0.625. The molecular formula is C8H13FN4O2. The molecule has 84 valence electrons. The van der Waals surface area contributed by atoms with E-state index in [0.29, 0.717) is 18.7 Å². The first-order valence-electron chi connectivity index (χ1n) is 4.57. The van der Waals surface area contributed by atoms with Gasteiger partial charge in [0.1, 0.15) is 6.04 Å². The van der Waals surface area contributed by atoms with Crippen molar-refractivity contribution in [3.63, 3.8) is 0 Å². The maximum atomic E-state index is 11.8. The second kappa shape index (κ2) is 5.40. The minimum absolute atomic E-state index is 0.130. The van der Waals surface area contributed by atoms with Crippen LogP contribution < -0.4 is 5.73 Å². The zero-order chi connectivity index (χ0) is 11.3. The molecule has 7 heteroatoms. The number of aryl methyl sites for hydroxylation is 1. The summed E-state index contributed by atoms with van der Waals surface area (Å²) in [6.07, 6.45) is 2.08. The minimum Gasteiger partial charge on any atom is -0.480 e. The number of aromatic nitrogens is 3. The summed E-state index contributed by atoms with van der Waals surface area (Å²) in [6.45, 7) is 0.0235. The Balaban J connectivity index is 2.49. The van der Waals surface area contributed by atoms with Gasteiger partial charge in [0.15, 0.2) is 0 Å². The van der Waals surface area contributed by atoms with E-state index in [0.717, 1.165) is 0 Å². The highest BCUT2D eigenvalue weighted by atomic mass is 19.1. The molecule has 1 aromatic rings. The smallest absolute Gasteiger partial charge is 0.320 e. The first-order valence-corrected chi connectivity index (χ1v) is 4.57. The molecule has 1 atom stereocenters. The third-order valence-electron chi connectivity index (χ3n) is 1.85. The van der Waals surface area contributed by atoms with Crippen LogP contribution in [0.1, 0.15) is 12.1 Å². The van der Waals surface area contributed by atoms with Gasteiger partial charge in [-0.05, 0) is 6.42 Å². The fourth-order valence-corrected chi connectivity index (χ4v) is 1.08. The van der Waals surface area contributed by atoms with Crippen LogP contribution in [0.4, 0.5) is 4.39 Å². The van der Waals surface area contributed by atoms with Crippen molar-refractivity contribution in [3.8, 4) is 0 Å². The first-order chi connectivity index (χ1) is 7.13. The van der Waals surface area contributed by atoms with E-state index in [2.05, 4.69) is 10.3 Å². The van der Waals surface area contributed by atoms with Gasteiger partial charge in [0.2, 0.25) is 0 Å². The second-order valence-electron chi connectivity index (χ2n) is 3.16. The molecule has 0 aliphatic carbocycles. The van der Waals surface area contributed by atoms with Gasteiger partial charge in [0.25, 0.3) is 0 Å². The van der Waals surface area contributed by atoms with Gasteiger partial charge < -0.3 is 10.8 Å². The SMILES string of the molecule is NC(Cc1cn(CCCF)nn1)C(=O)O. The third kappa shape index (κ3) is 3.62. The molecular weight excluding hydrogens is 203 g/mol. The quantitative estimate of drug-likeness (QED) is 0.674. The van der Waals surface area contributed by atoms with Crippen molar-refractivity contribution in [2.75, 3.05) is 6.67 Å². The van der Waals surface area contributed by atoms with Crippen molar-refractivity contribution in [1.29, 1.82) is 0 Å². The lowest BCUT2D eigenvalue weighted by Gasteiger charge is -2.01. The van der Waals surface area contributed by atoms with Crippen LogP contribution >= 0.6 is 0 Å². The molecule has 0 aliphatic rings. The van der Waals surface area contributed by atoms with Gasteiger partial charge >= 0.3 is 5.97 Å². The summed E-state index contributed by atoms with van der Waals surface area (Å²) >= 11 is 0. The van der Waals surface area contributed by atoms with E-state index < -0.39 is 18.7 Å². The van der Waals surface area contributed by atoms with Gasteiger partial charge in [-0.1, -0.05) is 5.21 Å². The van der Waals surface area contributed by atoms with Crippen molar-refractivity contribution in [1.82, 2.24) is 15.0 Å². The Morgan fingerprint density at radius 1 is 1.73 bits per heavy atom. The number of alkyl halides is 1. The number of nitrogens with two attached hydrogens (primary N) is 1. The van der Waals surface area contributed by atoms with Crippen molar-refractivity contribution >= 4 is 5.97 Å². The number of carboxylic acids is 1. The van der Waals surface area contributed by atoms with Crippen LogP contribution in [0.2, 0.25) is 0 Å². The number of rotatable bonds is 6. The van der Waals surface area contributed by atoms with Crippen LogP contribution in [0.25, 0.3) is 0 Å². The number of hydrogen-bond donors (Lipinski definition) is 2. The predicted octanol–water partition coefficient (Wildman–Crippen LogP) is -0.408. The minimum atomic E-state index is -1.08. The number of carboxylic acid groups (broad SMARTS) is 1. The first kappa shape index (κ1) is 11.6. The number of hydrogen-bond acceptors (Lipinski definition) is 4. The van der Waals surface area contributed by atoms with Crippen molar-refractivity contribution in [2.45, 2.75) is 25.4 Å². The molecule has 1 rings (SSSR count). The highest BCUT2D eigenvalue weighted by molar-refractivity contribution is 5.73. The molecule has 1 aromatic heterocycles. The largest absolute Gasteiger partial charge is 0.480 e. The maximum absolute atomic E-state index is 11.8. The Morgan fingerprint density at radius 2 is 2.47 bits per heavy atom. The molecule has 3 N–H and O–H groups in total. The summed E-state index contributed by atoms with van der Waals surface area (Å²) in [7, 11) is 0. The standard InChI is InChI=1S/C8H13FN4O2/c9-2-1-3-13-5-6(11-12-13)4-7(10)8(14)15/h5,7H,1-4,10H2,(H,14,15). The van der Waals surface area contributed by atoms with Gasteiger partial charge in [-0.15, -0.1) is 5.10 Å². The molecule has 0 aliphatic heterocycles. The van der Waals surface area contributed by atoms with Gasteiger partial charge in [-0.2, -0.15) is 0 Å². The van der Waals surface area contributed by atoms with Crippen molar-refractivity contribution in [2.24, 2.45) is 5.73 Å². The van der Waals surface area contributed by atoms with Crippen LogP contribution in [0.5, 0.6) is 0 Å². The van der Waals surface area contributed by atoms with Crippen molar-refractivity contribution in [3.05, 3.63) is 11.9 Å². The number of carbonyl (C=O) groups is 1. The lowest BCUT2D eigenvalue weighted by molar-refractivity contribution is -0.138.